The van der Waals surface area contributed by atoms with E-state index in [2.05, 4.69) is 20.0 Å². The van der Waals surface area contributed by atoms with Crippen LogP contribution in [0.1, 0.15) is 10.5 Å². The van der Waals surface area contributed by atoms with Crippen LogP contribution in [0, 0.1) is 0 Å². The van der Waals surface area contributed by atoms with Gasteiger partial charge in [0.15, 0.2) is 5.69 Å². The minimum atomic E-state index is -0.141. The number of rotatable bonds is 2. The fourth-order valence-electron chi connectivity index (χ4n) is 2.82. The molecule has 0 aromatic carbocycles. The van der Waals surface area contributed by atoms with Crippen molar-refractivity contribution in [1.29, 1.82) is 0 Å². The van der Waals surface area contributed by atoms with Crippen molar-refractivity contribution in [3.8, 4) is 0 Å². The third kappa shape index (κ3) is 2.56. The van der Waals surface area contributed by atoms with E-state index in [0.29, 0.717) is 42.8 Å². The normalized spacial score (nSPS) is 15.0. The van der Waals surface area contributed by atoms with Gasteiger partial charge in [-0.15, -0.1) is 0 Å². The number of amides is 1. The highest BCUT2D eigenvalue weighted by Gasteiger charge is 2.27. The zero-order valence-electron chi connectivity index (χ0n) is 12.8. The molecule has 1 fully saturated rings. The van der Waals surface area contributed by atoms with Gasteiger partial charge in [0.2, 0.25) is 5.95 Å². The van der Waals surface area contributed by atoms with Crippen LogP contribution >= 0.6 is 11.6 Å². The second kappa shape index (κ2) is 6.09. The van der Waals surface area contributed by atoms with E-state index >= 15 is 0 Å². The van der Waals surface area contributed by atoms with Crippen LogP contribution in [-0.2, 0) is 0 Å². The molecule has 0 N–H and O–H groups in total. The summed E-state index contributed by atoms with van der Waals surface area (Å²) < 4.78 is 1.63. The van der Waals surface area contributed by atoms with Crippen LogP contribution in [0.25, 0.3) is 5.52 Å². The topological polar surface area (TPSA) is 66.6 Å². The standard InChI is InChI=1S/C16H15ClN6O/c17-13-12-4-1-2-7-23(12)20-14(13)15(24)21-8-10-22(11-9-21)16-18-5-3-6-19-16/h1-7H,8-11H2. The molecule has 1 aliphatic rings. The number of carbonyl (C=O) groups is 1. The molecule has 0 bridgehead atoms. The maximum absolute atomic E-state index is 12.7. The van der Waals surface area contributed by atoms with Gasteiger partial charge in [0.1, 0.15) is 0 Å². The van der Waals surface area contributed by atoms with Crippen LogP contribution in [0.15, 0.2) is 42.9 Å². The monoisotopic (exact) mass is 342 g/mol. The fraction of sp³-hybridized carbons (Fsp3) is 0.250. The lowest BCUT2D eigenvalue weighted by molar-refractivity contribution is 0.0740. The summed E-state index contributed by atoms with van der Waals surface area (Å²) in [5.74, 6) is 0.549. The second-order valence-corrected chi connectivity index (χ2v) is 5.90. The molecule has 1 aliphatic heterocycles. The summed E-state index contributed by atoms with van der Waals surface area (Å²) in [6.07, 6.45) is 5.22. The zero-order valence-corrected chi connectivity index (χ0v) is 13.6. The Labute approximate surface area is 143 Å². The predicted octanol–water partition coefficient (Wildman–Crippen LogP) is 1.74. The summed E-state index contributed by atoms with van der Waals surface area (Å²) in [4.78, 5) is 25.1. The Bertz CT molecular complexity index is 873. The summed E-state index contributed by atoms with van der Waals surface area (Å²) >= 11 is 6.33. The molecular formula is C16H15ClN6O. The number of hydrogen-bond acceptors (Lipinski definition) is 5. The van der Waals surface area contributed by atoms with Crippen molar-refractivity contribution in [3.63, 3.8) is 0 Å². The average Bonchev–Trinajstić information content (AvgIpc) is 2.99. The highest BCUT2D eigenvalue weighted by atomic mass is 35.5. The van der Waals surface area contributed by atoms with E-state index in [0.717, 1.165) is 5.52 Å². The molecule has 4 heterocycles. The molecule has 7 nitrogen and oxygen atoms in total. The lowest BCUT2D eigenvalue weighted by Crippen LogP contribution is -2.49. The van der Waals surface area contributed by atoms with Crippen molar-refractivity contribution in [3.05, 3.63) is 53.6 Å². The first kappa shape index (κ1) is 14.9. The molecule has 8 heteroatoms. The van der Waals surface area contributed by atoms with Gasteiger partial charge < -0.3 is 9.80 Å². The number of fused-ring (bicyclic) bond motifs is 1. The molecule has 24 heavy (non-hydrogen) atoms. The third-order valence-electron chi connectivity index (χ3n) is 4.08. The van der Waals surface area contributed by atoms with Crippen LogP contribution in [-0.4, -0.2) is 56.6 Å². The molecular weight excluding hydrogens is 328 g/mol. The zero-order chi connectivity index (χ0) is 16.5. The van der Waals surface area contributed by atoms with Crippen molar-refractivity contribution >= 4 is 29.0 Å². The van der Waals surface area contributed by atoms with E-state index in [9.17, 15) is 4.79 Å². The van der Waals surface area contributed by atoms with Gasteiger partial charge in [-0.1, -0.05) is 17.7 Å². The lowest BCUT2D eigenvalue weighted by atomic mass is 10.2. The number of carbonyl (C=O) groups excluding carboxylic acids is 1. The first-order valence-corrected chi connectivity index (χ1v) is 8.06. The molecule has 0 atom stereocenters. The van der Waals surface area contributed by atoms with Crippen LogP contribution < -0.4 is 4.90 Å². The predicted molar refractivity (Wildman–Crippen MR) is 90.4 cm³/mol. The van der Waals surface area contributed by atoms with Crippen LogP contribution in [0.3, 0.4) is 0 Å². The summed E-state index contributed by atoms with van der Waals surface area (Å²) in [5, 5.41) is 4.72. The van der Waals surface area contributed by atoms with Crippen molar-refractivity contribution in [2.24, 2.45) is 0 Å². The summed E-state index contributed by atoms with van der Waals surface area (Å²) in [6, 6.07) is 7.35. The molecule has 0 radical (unpaired) electrons. The number of piperazine rings is 1. The van der Waals surface area contributed by atoms with Crippen molar-refractivity contribution in [1.82, 2.24) is 24.5 Å². The van der Waals surface area contributed by atoms with Crippen LogP contribution in [0.4, 0.5) is 5.95 Å². The smallest absolute Gasteiger partial charge is 0.276 e. The van der Waals surface area contributed by atoms with Gasteiger partial charge in [0, 0.05) is 44.8 Å². The first-order valence-electron chi connectivity index (χ1n) is 7.68. The molecule has 1 saturated heterocycles. The number of hydrogen-bond donors (Lipinski definition) is 0. The van der Waals surface area contributed by atoms with E-state index in [4.69, 9.17) is 11.6 Å². The Balaban J connectivity index is 1.51. The Morgan fingerprint density at radius 1 is 1.04 bits per heavy atom. The van der Waals surface area contributed by atoms with Crippen molar-refractivity contribution in [2.45, 2.75) is 0 Å². The summed E-state index contributed by atoms with van der Waals surface area (Å²) in [7, 11) is 0. The molecule has 3 aromatic heterocycles. The fourth-order valence-corrected chi connectivity index (χ4v) is 3.09. The Hall–Kier alpha value is -2.67. The highest BCUT2D eigenvalue weighted by Crippen LogP contribution is 2.23. The van der Waals surface area contributed by atoms with E-state index in [1.807, 2.05) is 18.2 Å². The molecule has 0 saturated carbocycles. The third-order valence-corrected chi connectivity index (χ3v) is 4.46. The maximum atomic E-state index is 12.7. The number of nitrogens with zero attached hydrogens (tertiary/aromatic N) is 6. The maximum Gasteiger partial charge on any atom is 0.276 e. The Kier molecular flexibility index (Phi) is 3.78. The van der Waals surface area contributed by atoms with Gasteiger partial charge in [-0.25, -0.2) is 14.5 Å². The van der Waals surface area contributed by atoms with Gasteiger partial charge in [0.25, 0.3) is 5.91 Å². The van der Waals surface area contributed by atoms with Crippen molar-refractivity contribution in [2.75, 3.05) is 31.1 Å². The summed E-state index contributed by atoms with van der Waals surface area (Å²) in [6.45, 7) is 2.53. The minimum Gasteiger partial charge on any atom is -0.337 e. The minimum absolute atomic E-state index is 0.141. The van der Waals surface area contributed by atoms with Gasteiger partial charge >= 0.3 is 0 Å². The van der Waals surface area contributed by atoms with E-state index in [-0.39, 0.29) is 5.91 Å². The molecule has 0 unspecified atom stereocenters. The molecule has 1 amide bonds. The van der Waals surface area contributed by atoms with Gasteiger partial charge in [-0.3, -0.25) is 4.79 Å². The van der Waals surface area contributed by atoms with Gasteiger partial charge in [-0.05, 0) is 18.2 Å². The second-order valence-electron chi connectivity index (χ2n) is 5.52. The number of pyridine rings is 1. The first-order chi connectivity index (χ1) is 11.7. The Morgan fingerprint density at radius 2 is 1.79 bits per heavy atom. The van der Waals surface area contributed by atoms with Crippen molar-refractivity contribution < 1.29 is 4.79 Å². The lowest BCUT2D eigenvalue weighted by Gasteiger charge is -2.34. The highest BCUT2D eigenvalue weighted by molar-refractivity contribution is 6.36. The molecule has 3 aromatic rings. The molecule has 0 aliphatic carbocycles. The summed E-state index contributed by atoms with van der Waals surface area (Å²) in [5.41, 5.74) is 1.03. The van der Waals surface area contributed by atoms with E-state index in [1.165, 1.54) is 0 Å². The van der Waals surface area contributed by atoms with Gasteiger partial charge in [0.05, 0.1) is 10.5 Å². The quantitative estimate of drug-likeness (QED) is 0.709. The average molecular weight is 343 g/mol. The molecule has 122 valence electrons. The number of anilines is 1. The Morgan fingerprint density at radius 3 is 2.50 bits per heavy atom. The number of aromatic nitrogens is 4. The van der Waals surface area contributed by atoms with E-state index in [1.54, 1.807) is 34.1 Å². The van der Waals surface area contributed by atoms with E-state index < -0.39 is 0 Å². The SMILES string of the molecule is O=C(c1nn2ccccc2c1Cl)N1CCN(c2ncccn2)CC1. The van der Waals surface area contributed by atoms with Crippen LogP contribution in [0.2, 0.25) is 5.02 Å². The molecule has 4 rings (SSSR count). The van der Waals surface area contributed by atoms with Crippen LogP contribution in [0.5, 0.6) is 0 Å². The van der Waals surface area contributed by atoms with Gasteiger partial charge in [-0.2, -0.15) is 5.10 Å². The number of halogens is 1. The molecule has 0 spiro atoms. The largest absolute Gasteiger partial charge is 0.337 e.